The molecule has 3 heterocycles. The van der Waals surface area contributed by atoms with E-state index in [1.54, 1.807) is 0 Å². The molecule has 3 aromatic heterocycles. The van der Waals surface area contributed by atoms with Crippen molar-refractivity contribution in [2.45, 2.75) is 40.4 Å². The molecule has 0 saturated carbocycles. The Balaban J connectivity index is 1.54. The average molecular weight is 508 g/mol. The zero-order chi connectivity index (χ0) is 26.5. The number of aromatic nitrogens is 3. The lowest BCUT2D eigenvalue weighted by molar-refractivity contribution is 0.801. The van der Waals surface area contributed by atoms with Gasteiger partial charge in [0.1, 0.15) is 0 Å². The summed E-state index contributed by atoms with van der Waals surface area (Å²) < 4.78 is 7.34. The SMILES string of the molecule is CCn1c(-c2cc(-c3cc4ccccc4n3CC)cc(-c3cc4ccccc4n3CC)c2)cc2ccccc21. The summed E-state index contributed by atoms with van der Waals surface area (Å²) in [6.45, 7) is 9.49. The molecular formula is C36H33N3. The van der Waals surface area contributed by atoms with Crippen LogP contribution in [0.4, 0.5) is 0 Å². The van der Waals surface area contributed by atoms with Gasteiger partial charge in [-0.1, -0.05) is 54.6 Å². The highest BCUT2D eigenvalue weighted by molar-refractivity contribution is 5.93. The van der Waals surface area contributed by atoms with E-state index in [0.717, 1.165) is 19.6 Å². The van der Waals surface area contributed by atoms with Gasteiger partial charge < -0.3 is 13.7 Å². The maximum atomic E-state index is 2.45. The lowest BCUT2D eigenvalue weighted by Gasteiger charge is -2.16. The summed E-state index contributed by atoms with van der Waals surface area (Å²) >= 11 is 0. The maximum absolute atomic E-state index is 2.45. The standard InChI is InChI=1S/C36H33N3/c1-4-37-31-16-10-7-13-25(31)22-34(37)28-19-29(35-23-26-14-8-11-17-32(26)38(35)5-2)21-30(20-28)36-24-27-15-9-12-18-33(27)39(36)6-3/h7-24H,4-6H2,1-3H3. The van der Waals surface area contributed by atoms with E-state index in [9.17, 15) is 0 Å². The molecule has 39 heavy (non-hydrogen) atoms. The number of benzene rings is 4. The molecular weight excluding hydrogens is 474 g/mol. The highest BCUT2D eigenvalue weighted by Crippen LogP contribution is 2.38. The van der Waals surface area contributed by atoms with E-state index in [1.165, 1.54) is 66.5 Å². The molecule has 4 aromatic carbocycles. The van der Waals surface area contributed by atoms with Crippen LogP contribution in [0.2, 0.25) is 0 Å². The van der Waals surface area contributed by atoms with Gasteiger partial charge in [0, 0.05) is 69.4 Å². The van der Waals surface area contributed by atoms with Gasteiger partial charge in [0.2, 0.25) is 0 Å². The minimum absolute atomic E-state index is 0.923. The van der Waals surface area contributed by atoms with Crippen molar-refractivity contribution in [3.8, 4) is 33.8 Å². The molecule has 0 radical (unpaired) electrons. The van der Waals surface area contributed by atoms with Crippen molar-refractivity contribution in [1.29, 1.82) is 0 Å². The van der Waals surface area contributed by atoms with Gasteiger partial charge in [-0.05, 0) is 92.1 Å². The van der Waals surface area contributed by atoms with Gasteiger partial charge in [0.15, 0.2) is 0 Å². The summed E-state index contributed by atoms with van der Waals surface area (Å²) in [6, 6.07) is 40.4. The predicted octanol–water partition coefficient (Wildman–Crippen LogP) is 9.61. The molecule has 7 aromatic rings. The Morgan fingerprint density at radius 3 is 0.949 bits per heavy atom. The number of hydrogen-bond donors (Lipinski definition) is 0. The minimum Gasteiger partial charge on any atom is -0.341 e. The van der Waals surface area contributed by atoms with Gasteiger partial charge in [-0.15, -0.1) is 0 Å². The number of hydrogen-bond acceptors (Lipinski definition) is 0. The number of rotatable bonds is 6. The van der Waals surface area contributed by atoms with Crippen LogP contribution in [0.25, 0.3) is 66.5 Å². The zero-order valence-corrected chi connectivity index (χ0v) is 22.9. The molecule has 0 N–H and O–H groups in total. The van der Waals surface area contributed by atoms with Gasteiger partial charge in [0.05, 0.1) is 0 Å². The van der Waals surface area contributed by atoms with Crippen molar-refractivity contribution < 1.29 is 0 Å². The van der Waals surface area contributed by atoms with Gasteiger partial charge in [-0.25, -0.2) is 0 Å². The second kappa shape index (κ2) is 9.36. The molecule has 3 nitrogen and oxygen atoms in total. The molecule has 0 spiro atoms. The van der Waals surface area contributed by atoms with Crippen LogP contribution in [0.15, 0.2) is 109 Å². The van der Waals surface area contributed by atoms with Crippen molar-refractivity contribution in [3.05, 3.63) is 109 Å². The van der Waals surface area contributed by atoms with E-state index >= 15 is 0 Å². The van der Waals surface area contributed by atoms with Crippen molar-refractivity contribution in [1.82, 2.24) is 13.7 Å². The van der Waals surface area contributed by atoms with Crippen LogP contribution in [0.1, 0.15) is 20.8 Å². The highest BCUT2D eigenvalue weighted by Gasteiger charge is 2.18. The first-order valence-corrected chi connectivity index (χ1v) is 14.1. The second-order valence-corrected chi connectivity index (χ2v) is 10.3. The van der Waals surface area contributed by atoms with Gasteiger partial charge in [0.25, 0.3) is 0 Å². The van der Waals surface area contributed by atoms with Crippen LogP contribution in [0, 0.1) is 0 Å². The normalized spacial score (nSPS) is 11.8. The molecule has 7 rings (SSSR count). The van der Waals surface area contributed by atoms with Crippen molar-refractivity contribution >= 4 is 32.7 Å². The maximum Gasteiger partial charge on any atom is 0.0491 e. The fraction of sp³-hybridized carbons (Fsp3) is 0.167. The summed E-state index contributed by atoms with van der Waals surface area (Å²) in [5, 5.41) is 3.85. The molecule has 0 amide bonds. The topological polar surface area (TPSA) is 14.8 Å². The molecule has 0 saturated heterocycles. The molecule has 0 fully saturated rings. The average Bonchev–Trinajstić information content (AvgIpc) is 3.67. The third kappa shape index (κ3) is 3.72. The molecule has 0 bridgehead atoms. The third-order valence-corrected chi connectivity index (χ3v) is 8.20. The Kier molecular flexibility index (Phi) is 5.66. The van der Waals surface area contributed by atoms with E-state index in [2.05, 4.69) is 144 Å². The first-order valence-electron chi connectivity index (χ1n) is 14.1. The summed E-state index contributed by atoms with van der Waals surface area (Å²) in [4.78, 5) is 0. The molecule has 0 aliphatic rings. The number of aryl methyl sites for hydroxylation is 3. The largest absolute Gasteiger partial charge is 0.341 e. The molecule has 3 heteroatoms. The first-order chi connectivity index (χ1) is 19.2. The lowest BCUT2D eigenvalue weighted by atomic mass is 9.99. The van der Waals surface area contributed by atoms with E-state index in [4.69, 9.17) is 0 Å². The Bertz CT molecular complexity index is 1740. The fourth-order valence-electron chi connectivity index (χ4n) is 6.44. The van der Waals surface area contributed by atoms with Crippen LogP contribution in [-0.4, -0.2) is 13.7 Å². The zero-order valence-electron chi connectivity index (χ0n) is 22.9. The summed E-state index contributed by atoms with van der Waals surface area (Å²) in [5.74, 6) is 0. The lowest BCUT2D eigenvalue weighted by Crippen LogP contribution is -2.01. The number of nitrogens with zero attached hydrogens (tertiary/aromatic N) is 3. The Labute approximate surface area is 229 Å². The molecule has 192 valence electrons. The quantitative estimate of drug-likeness (QED) is 0.213. The Morgan fingerprint density at radius 2 is 0.667 bits per heavy atom. The van der Waals surface area contributed by atoms with Gasteiger partial charge >= 0.3 is 0 Å². The van der Waals surface area contributed by atoms with Crippen LogP contribution in [0.3, 0.4) is 0 Å². The number of fused-ring (bicyclic) bond motifs is 3. The summed E-state index contributed by atoms with van der Waals surface area (Å²) in [5.41, 5.74) is 11.4. The fourth-order valence-corrected chi connectivity index (χ4v) is 6.44. The Morgan fingerprint density at radius 1 is 0.385 bits per heavy atom. The third-order valence-electron chi connectivity index (χ3n) is 8.20. The minimum atomic E-state index is 0.923. The van der Waals surface area contributed by atoms with Gasteiger partial charge in [-0.2, -0.15) is 0 Å². The molecule has 0 atom stereocenters. The van der Waals surface area contributed by atoms with E-state index in [-0.39, 0.29) is 0 Å². The second-order valence-electron chi connectivity index (χ2n) is 10.3. The highest BCUT2D eigenvalue weighted by atomic mass is 15.0. The Hall–Kier alpha value is -4.50. The smallest absolute Gasteiger partial charge is 0.0491 e. The first kappa shape index (κ1) is 23.6. The van der Waals surface area contributed by atoms with Crippen molar-refractivity contribution in [2.75, 3.05) is 0 Å². The summed E-state index contributed by atoms with van der Waals surface area (Å²) in [6.07, 6.45) is 0. The van der Waals surface area contributed by atoms with Crippen LogP contribution in [-0.2, 0) is 19.6 Å². The van der Waals surface area contributed by atoms with E-state index in [1.807, 2.05) is 0 Å². The molecule has 0 aliphatic heterocycles. The van der Waals surface area contributed by atoms with Crippen LogP contribution in [0.5, 0.6) is 0 Å². The van der Waals surface area contributed by atoms with E-state index < -0.39 is 0 Å². The molecule has 0 aliphatic carbocycles. The van der Waals surface area contributed by atoms with Gasteiger partial charge in [-0.3, -0.25) is 0 Å². The van der Waals surface area contributed by atoms with Crippen molar-refractivity contribution in [3.63, 3.8) is 0 Å². The van der Waals surface area contributed by atoms with E-state index in [0.29, 0.717) is 0 Å². The van der Waals surface area contributed by atoms with Crippen LogP contribution >= 0.6 is 0 Å². The van der Waals surface area contributed by atoms with Crippen LogP contribution < -0.4 is 0 Å². The number of para-hydroxylation sites is 3. The van der Waals surface area contributed by atoms with Crippen molar-refractivity contribution in [2.24, 2.45) is 0 Å². The predicted molar refractivity (Wildman–Crippen MR) is 166 cm³/mol. The monoisotopic (exact) mass is 507 g/mol. The summed E-state index contributed by atoms with van der Waals surface area (Å²) in [7, 11) is 0. The molecule has 0 unspecified atom stereocenters.